The maximum atomic E-state index is 11.4. The molecule has 3 amide bonds. The summed E-state index contributed by atoms with van der Waals surface area (Å²) in [5.74, 6) is -0.132. The molecular formula is C14H24N2O4. The number of nitrogens with one attached hydrogen (secondary N) is 2. The number of carbonyl (C=O) groups is 3. The number of carbonyl (C=O) groups excluding carboxylic acids is 2. The SMILES string of the molecule is CC1CCC(CCNC(=O)NC(=O)CCC(=O)O)CC1. The summed E-state index contributed by atoms with van der Waals surface area (Å²) in [7, 11) is 0. The Labute approximate surface area is 119 Å². The molecular weight excluding hydrogens is 260 g/mol. The molecule has 6 heteroatoms. The number of hydrogen-bond acceptors (Lipinski definition) is 3. The first-order valence-electron chi connectivity index (χ1n) is 7.27. The van der Waals surface area contributed by atoms with Gasteiger partial charge in [0.05, 0.1) is 6.42 Å². The summed E-state index contributed by atoms with van der Waals surface area (Å²) >= 11 is 0. The van der Waals surface area contributed by atoms with Crippen molar-refractivity contribution < 1.29 is 19.5 Å². The molecule has 0 aromatic rings. The van der Waals surface area contributed by atoms with Gasteiger partial charge in [-0.25, -0.2) is 4.79 Å². The van der Waals surface area contributed by atoms with Crippen LogP contribution in [0.25, 0.3) is 0 Å². The van der Waals surface area contributed by atoms with E-state index < -0.39 is 17.9 Å². The van der Waals surface area contributed by atoms with Gasteiger partial charge in [-0.2, -0.15) is 0 Å². The smallest absolute Gasteiger partial charge is 0.321 e. The highest BCUT2D eigenvalue weighted by Gasteiger charge is 2.18. The van der Waals surface area contributed by atoms with Crippen molar-refractivity contribution in [3.8, 4) is 0 Å². The normalized spacial score (nSPS) is 22.1. The van der Waals surface area contributed by atoms with E-state index in [0.717, 1.165) is 12.3 Å². The van der Waals surface area contributed by atoms with Gasteiger partial charge in [0.15, 0.2) is 0 Å². The maximum absolute atomic E-state index is 11.4. The third kappa shape index (κ3) is 7.11. The predicted molar refractivity (Wildman–Crippen MR) is 74.2 cm³/mol. The van der Waals surface area contributed by atoms with Crippen LogP contribution in [0.4, 0.5) is 4.79 Å². The van der Waals surface area contributed by atoms with Crippen molar-refractivity contribution in [3.05, 3.63) is 0 Å². The van der Waals surface area contributed by atoms with E-state index in [9.17, 15) is 14.4 Å². The van der Waals surface area contributed by atoms with E-state index in [1.807, 2.05) is 0 Å². The minimum absolute atomic E-state index is 0.177. The third-order valence-corrected chi connectivity index (χ3v) is 3.79. The lowest BCUT2D eigenvalue weighted by Gasteiger charge is -2.26. The second-order valence-corrected chi connectivity index (χ2v) is 5.61. The van der Waals surface area contributed by atoms with Crippen LogP contribution in [-0.4, -0.2) is 29.6 Å². The maximum Gasteiger partial charge on any atom is 0.321 e. The molecule has 0 heterocycles. The van der Waals surface area contributed by atoms with Crippen LogP contribution in [0.2, 0.25) is 0 Å². The van der Waals surface area contributed by atoms with Gasteiger partial charge < -0.3 is 10.4 Å². The Morgan fingerprint density at radius 1 is 1.10 bits per heavy atom. The van der Waals surface area contributed by atoms with Crippen LogP contribution in [-0.2, 0) is 9.59 Å². The van der Waals surface area contributed by atoms with Gasteiger partial charge in [-0.3, -0.25) is 14.9 Å². The van der Waals surface area contributed by atoms with Crippen molar-refractivity contribution in [3.63, 3.8) is 0 Å². The molecule has 0 saturated heterocycles. The molecule has 0 bridgehead atoms. The summed E-state index contributed by atoms with van der Waals surface area (Å²) in [5, 5.41) is 13.2. The van der Waals surface area contributed by atoms with Crippen molar-refractivity contribution in [2.45, 2.75) is 51.9 Å². The molecule has 1 aliphatic rings. The summed E-state index contributed by atoms with van der Waals surface area (Å²) in [4.78, 5) is 32.9. The van der Waals surface area contributed by atoms with Gasteiger partial charge in [0.25, 0.3) is 0 Å². The molecule has 20 heavy (non-hydrogen) atoms. The standard InChI is InChI=1S/C14H24N2O4/c1-10-2-4-11(5-3-10)8-9-15-14(20)16-12(17)6-7-13(18)19/h10-11H,2-9H2,1H3,(H,18,19)(H2,15,16,17,20). The Hall–Kier alpha value is -1.59. The van der Waals surface area contributed by atoms with Gasteiger partial charge in [0.2, 0.25) is 5.91 Å². The average molecular weight is 284 g/mol. The number of hydrogen-bond donors (Lipinski definition) is 3. The molecule has 0 spiro atoms. The zero-order valence-corrected chi connectivity index (χ0v) is 12.0. The topological polar surface area (TPSA) is 95.5 Å². The third-order valence-electron chi connectivity index (χ3n) is 3.79. The minimum atomic E-state index is -1.05. The van der Waals surface area contributed by atoms with E-state index in [2.05, 4.69) is 17.6 Å². The second-order valence-electron chi connectivity index (χ2n) is 5.61. The van der Waals surface area contributed by atoms with E-state index in [4.69, 9.17) is 5.11 Å². The van der Waals surface area contributed by atoms with Crippen LogP contribution < -0.4 is 10.6 Å². The molecule has 114 valence electrons. The number of carboxylic acids is 1. The molecule has 0 atom stereocenters. The Kier molecular flexibility index (Phi) is 7.04. The van der Waals surface area contributed by atoms with Gasteiger partial charge in [0.1, 0.15) is 0 Å². The van der Waals surface area contributed by atoms with Gasteiger partial charge in [0, 0.05) is 13.0 Å². The summed E-state index contributed by atoms with van der Waals surface area (Å²) in [5.41, 5.74) is 0. The fourth-order valence-electron chi connectivity index (χ4n) is 2.46. The number of rotatable bonds is 6. The lowest BCUT2D eigenvalue weighted by atomic mass is 9.81. The first-order valence-corrected chi connectivity index (χ1v) is 7.27. The molecule has 1 fully saturated rings. The zero-order valence-electron chi connectivity index (χ0n) is 12.0. The van der Waals surface area contributed by atoms with Crippen LogP contribution in [0.15, 0.2) is 0 Å². The van der Waals surface area contributed by atoms with E-state index >= 15 is 0 Å². The Morgan fingerprint density at radius 3 is 2.35 bits per heavy atom. The van der Waals surface area contributed by atoms with Crippen LogP contribution in [0.1, 0.15) is 51.9 Å². The highest BCUT2D eigenvalue weighted by molar-refractivity contribution is 5.95. The summed E-state index contributed by atoms with van der Waals surface area (Å²) < 4.78 is 0. The first-order chi connectivity index (χ1) is 9.47. The van der Waals surface area contributed by atoms with Crippen LogP contribution >= 0.6 is 0 Å². The molecule has 3 N–H and O–H groups in total. The van der Waals surface area contributed by atoms with E-state index in [1.165, 1.54) is 25.7 Å². The molecule has 0 aliphatic heterocycles. The van der Waals surface area contributed by atoms with Crippen molar-refractivity contribution in [1.82, 2.24) is 10.6 Å². The van der Waals surface area contributed by atoms with Crippen LogP contribution in [0.5, 0.6) is 0 Å². The first kappa shape index (κ1) is 16.5. The van der Waals surface area contributed by atoms with Gasteiger partial charge in [-0.1, -0.05) is 32.6 Å². The van der Waals surface area contributed by atoms with E-state index in [-0.39, 0.29) is 12.8 Å². The molecule has 0 aromatic heterocycles. The second kappa shape index (κ2) is 8.55. The predicted octanol–water partition coefficient (Wildman–Crippen LogP) is 1.89. The number of urea groups is 1. The quantitative estimate of drug-likeness (QED) is 0.694. The molecule has 1 rings (SSSR count). The van der Waals surface area contributed by atoms with Crippen molar-refractivity contribution in [2.75, 3.05) is 6.54 Å². The molecule has 1 saturated carbocycles. The number of imide groups is 1. The highest BCUT2D eigenvalue weighted by atomic mass is 16.4. The largest absolute Gasteiger partial charge is 0.481 e. The molecule has 1 aliphatic carbocycles. The van der Waals surface area contributed by atoms with E-state index in [0.29, 0.717) is 12.5 Å². The monoisotopic (exact) mass is 284 g/mol. The number of aliphatic carboxylic acids is 1. The fourth-order valence-corrected chi connectivity index (χ4v) is 2.46. The molecule has 0 unspecified atom stereocenters. The Balaban J connectivity index is 2.08. The van der Waals surface area contributed by atoms with Gasteiger partial charge in [-0.15, -0.1) is 0 Å². The molecule has 0 aromatic carbocycles. The minimum Gasteiger partial charge on any atom is -0.481 e. The highest BCUT2D eigenvalue weighted by Crippen LogP contribution is 2.29. The number of carboxylic acid groups (broad SMARTS) is 1. The zero-order chi connectivity index (χ0) is 15.0. The van der Waals surface area contributed by atoms with Gasteiger partial charge >= 0.3 is 12.0 Å². The Morgan fingerprint density at radius 2 is 1.75 bits per heavy atom. The van der Waals surface area contributed by atoms with Crippen LogP contribution in [0, 0.1) is 11.8 Å². The lowest BCUT2D eigenvalue weighted by Crippen LogP contribution is -2.40. The summed E-state index contributed by atoms with van der Waals surface area (Å²) in [6.45, 7) is 2.82. The van der Waals surface area contributed by atoms with Gasteiger partial charge in [-0.05, 0) is 18.3 Å². The lowest BCUT2D eigenvalue weighted by molar-refractivity contribution is -0.138. The van der Waals surface area contributed by atoms with Crippen LogP contribution in [0.3, 0.4) is 0 Å². The molecule has 6 nitrogen and oxygen atoms in total. The van der Waals surface area contributed by atoms with Crippen molar-refractivity contribution in [1.29, 1.82) is 0 Å². The summed E-state index contributed by atoms with van der Waals surface area (Å²) in [6, 6.07) is -0.537. The average Bonchev–Trinajstić information content (AvgIpc) is 2.38. The summed E-state index contributed by atoms with van der Waals surface area (Å²) in [6.07, 6.45) is 5.42. The number of amides is 3. The van der Waals surface area contributed by atoms with Crippen molar-refractivity contribution in [2.24, 2.45) is 11.8 Å². The van der Waals surface area contributed by atoms with E-state index in [1.54, 1.807) is 0 Å². The fraction of sp³-hybridized carbons (Fsp3) is 0.786. The molecule has 0 radical (unpaired) electrons. The van der Waals surface area contributed by atoms with Crippen molar-refractivity contribution >= 4 is 17.9 Å². The Bertz CT molecular complexity index is 349.